The van der Waals surface area contributed by atoms with E-state index in [0.717, 1.165) is 11.4 Å². The maximum atomic E-state index is 6.36. The number of nitrogens with one attached hydrogen (secondary N) is 1. The zero-order valence-electron chi connectivity index (χ0n) is 14.3. The van der Waals surface area contributed by atoms with Crippen molar-refractivity contribution in [3.05, 3.63) is 60.2 Å². The molecule has 22 heavy (non-hydrogen) atoms. The topological polar surface area (TPSA) is 21.3 Å². The zero-order valence-corrected chi connectivity index (χ0v) is 15.3. The quantitative estimate of drug-likeness (QED) is 0.688. The van der Waals surface area contributed by atoms with E-state index in [-0.39, 0.29) is 5.04 Å². The summed E-state index contributed by atoms with van der Waals surface area (Å²) in [5.41, 5.74) is 3.42. The zero-order chi connectivity index (χ0) is 16.2. The van der Waals surface area contributed by atoms with Gasteiger partial charge in [0.05, 0.1) is 6.61 Å². The second kappa shape index (κ2) is 6.67. The molecule has 0 aliphatic heterocycles. The average Bonchev–Trinajstić information content (AvgIpc) is 2.46. The minimum Gasteiger partial charge on any atom is -0.412 e. The van der Waals surface area contributed by atoms with Gasteiger partial charge in [0.25, 0.3) is 0 Å². The van der Waals surface area contributed by atoms with E-state index >= 15 is 0 Å². The second-order valence-corrected chi connectivity index (χ2v) is 12.0. The highest BCUT2D eigenvalue weighted by Gasteiger charge is 2.37. The first kappa shape index (κ1) is 16.8. The maximum absolute atomic E-state index is 6.36. The van der Waals surface area contributed by atoms with Crippen molar-refractivity contribution >= 4 is 19.7 Å². The lowest BCUT2D eigenvalue weighted by Crippen LogP contribution is -2.40. The van der Waals surface area contributed by atoms with Gasteiger partial charge >= 0.3 is 0 Å². The van der Waals surface area contributed by atoms with Crippen LogP contribution in [0.15, 0.2) is 54.6 Å². The van der Waals surface area contributed by atoms with Crippen LogP contribution < -0.4 is 5.32 Å². The van der Waals surface area contributed by atoms with Crippen LogP contribution in [0.4, 0.5) is 11.4 Å². The van der Waals surface area contributed by atoms with E-state index in [9.17, 15) is 0 Å². The Hall–Kier alpha value is -1.58. The standard InChI is InChI=1S/C19H27NOSi/c1-19(2,3)22(4,5)21-15-16-11-9-10-14-18(16)20-17-12-7-6-8-13-17/h6-14,20H,15H2,1-5H3. The maximum Gasteiger partial charge on any atom is 0.192 e. The van der Waals surface area contributed by atoms with Crippen molar-refractivity contribution < 1.29 is 4.43 Å². The van der Waals surface area contributed by atoms with Crippen LogP contribution in [0.2, 0.25) is 18.1 Å². The fraction of sp³-hybridized carbons (Fsp3) is 0.368. The van der Waals surface area contributed by atoms with Crippen LogP contribution in [-0.2, 0) is 11.0 Å². The third-order valence-electron chi connectivity index (χ3n) is 4.46. The first-order valence-electron chi connectivity index (χ1n) is 7.83. The molecule has 2 aromatic carbocycles. The van der Waals surface area contributed by atoms with Gasteiger partial charge in [-0.3, -0.25) is 0 Å². The van der Waals surface area contributed by atoms with E-state index in [2.05, 4.69) is 75.6 Å². The van der Waals surface area contributed by atoms with Crippen LogP contribution in [0.5, 0.6) is 0 Å². The molecule has 0 saturated carbocycles. The SMILES string of the molecule is CC(C)(C)[Si](C)(C)OCc1ccccc1Nc1ccccc1. The molecule has 0 aliphatic carbocycles. The Morgan fingerprint density at radius 1 is 0.909 bits per heavy atom. The van der Waals surface area contributed by atoms with Gasteiger partial charge in [-0.05, 0) is 41.9 Å². The molecule has 2 rings (SSSR count). The summed E-state index contributed by atoms with van der Waals surface area (Å²) >= 11 is 0. The Balaban J connectivity index is 2.12. The van der Waals surface area contributed by atoms with Crippen molar-refractivity contribution in [2.24, 2.45) is 0 Å². The fourth-order valence-electron chi connectivity index (χ4n) is 1.92. The molecular formula is C19H27NOSi. The van der Waals surface area contributed by atoms with Crippen molar-refractivity contribution in [2.45, 2.75) is 45.5 Å². The molecule has 0 amide bonds. The molecule has 0 spiro atoms. The summed E-state index contributed by atoms with van der Waals surface area (Å²) in [6, 6.07) is 18.6. The molecule has 3 heteroatoms. The van der Waals surface area contributed by atoms with Gasteiger partial charge in [-0.15, -0.1) is 0 Å². The predicted octanol–water partition coefficient (Wildman–Crippen LogP) is 5.95. The lowest BCUT2D eigenvalue weighted by atomic mass is 10.2. The number of hydrogen-bond acceptors (Lipinski definition) is 2. The van der Waals surface area contributed by atoms with Gasteiger partial charge in [-0.1, -0.05) is 57.2 Å². The summed E-state index contributed by atoms with van der Waals surface area (Å²) < 4.78 is 6.36. The molecule has 0 fully saturated rings. The molecule has 0 aromatic heterocycles. The molecule has 2 aromatic rings. The van der Waals surface area contributed by atoms with Gasteiger partial charge in [0.1, 0.15) is 0 Å². The van der Waals surface area contributed by atoms with Crippen molar-refractivity contribution in [1.29, 1.82) is 0 Å². The minimum atomic E-state index is -1.73. The van der Waals surface area contributed by atoms with Crippen LogP contribution in [-0.4, -0.2) is 8.32 Å². The number of anilines is 2. The van der Waals surface area contributed by atoms with Crippen molar-refractivity contribution in [2.75, 3.05) is 5.32 Å². The van der Waals surface area contributed by atoms with E-state index in [4.69, 9.17) is 4.43 Å². The fourth-order valence-corrected chi connectivity index (χ4v) is 2.87. The Morgan fingerprint density at radius 3 is 2.14 bits per heavy atom. The highest BCUT2D eigenvalue weighted by Crippen LogP contribution is 2.37. The van der Waals surface area contributed by atoms with E-state index < -0.39 is 8.32 Å². The third kappa shape index (κ3) is 4.21. The monoisotopic (exact) mass is 313 g/mol. The summed E-state index contributed by atoms with van der Waals surface area (Å²) in [4.78, 5) is 0. The van der Waals surface area contributed by atoms with E-state index in [1.165, 1.54) is 5.56 Å². The highest BCUT2D eigenvalue weighted by atomic mass is 28.4. The Bertz CT molecular complexity index is 602. The van der Waals surface area contributed by atoms with Gasteiger partial charge in [0.15, 0.2) is 8.32 Å². The van der Waals surface area contributed by atoms with Gasteiger partial charge in [0.2, 0.25) is 0 Å². The molecular weight excluding hydrogens is 286 g/mol. The summed E-state index contributed by atoms with van der Waals surface area (Å²) in [6.45, 7) is 12.1. The molecule has 0 bridgehead atoms. The molecule has 0 atom stereocenters. The first-order valence-corrected chi connectivity index (χ1v) is 10.7. The minimum absolute atomic E-state index is 0.231. The summed E-state index contributed by atoms with van der Waals surface area (Å²) in [5, 5.41) is 3.71. The van der Waals surface area contributed by atoms with E-state index in [0.29, 0.717) is 6.61 Å². The molecule has 2 nitrogen and oxygen atoms in total. The molecule has 0 saturated heterocycles. The first-order chi connectivity index (χ1) is 10.3. The van der Waals surface area contributed by atoms with Crippen LogP contribution in [0.1, 0.15) is 26.3 Å². The van der Waals surface area contributed by atoms with Crippen molar-refractivity contribution in [3.63, 3.8) is 0 Å². The molecule has 0 aliphatic rings. The second-order valence-electron chi connectivity index (χ2n) is 7.20. The van der Waals surface area contributed by atoms with E-state index in [1.807, 2.05) is 18.2 Å². The van der Waals surface area contributed by atoms with Crippen LogP contribution >= 0.6 is 0 Å². The van der Waals surface area contributed by atoms with Gasteiger partial charge < -0.3 is 9.74 Å². The highest BCUT2D eigenvalue weighted by molar-refractivity contribution is 6.74. The molecule has 118 valence electrons. The normalized spacial score (nSPS) is 12.2. The number of para-hydroxylation sites is 2. The Morgan fingerprint density at radius 2 is 1.50 bits per heavy atom. The van der Waals surface area contributed by atoms with Crippen molar-refractivity contribution in [1.82, 2.24) is 0 Å². The van der Waals surface area contributed by atoms with Crippen LogP contribution in [0.3, 0.4) is 0 Å². The number of rotatable bonds is 5. The van der Waals surface area contributed by atoms with Gasteiger partial charge in [-0.25, -0.2) is 0 Å². The third-order valence-corrected chi connectivity index (χ3v) is 8.94. The molecule has 0 radical (unpaired) electrons. The largest absolute Gasteiger partial charge is 0.412 e. The summed E-state index contributed by atoms with van der Waals surface area (Å²) in [5.74, 6) is 0. The molecule has 1 N–H and O–H groups in total. The van der Waals surface area contributed by atoms with Crippen molar-refractivity contribution in [3.8, 4) is 0 Å². The Kier molecular flexibility index (Phi) is 5.09. The summed E-state index contributed by atoms with van der Waals surface area (Å²) in [6.07, 6.45) is 0. The average molecular weight is 314 g/mol. The smallest absolute Gasteiger partial charge is 0.192 e. The van der Waals surface area contributed by atoms with Gasteiger partial charge in [0, 0.05) is 11.4 Å². The van der Waals surface area contributed by atoms with Crippen LogP contribution in [0, 0.1) is 0 Å². The molecule has 0 heterocycles. The molecule has 0 unspecified atom stereocenters. The Labute approximate surface area is 135 Å². The number of hydrogen-bond donors (Lipinski definition) is 1. The lowest BCUT2D eigenvalue weighted by molar-refractivity contribution is 0.277. The van der Waals surface area contributed by atoms with Crippen LogP contribution in [0.25, 0.3) is 0 Å². The van der Waals surface area contributed by atoms with Gasteiger partial charge in [-0.2, -0.15) is 0 Å². The number of benzene rings is 2. The summed E-state index contributed by atoms with van der Waals surface area (Å²) in [7, 11) is -1.73. The van der Waals surface area contributed by atoms with E-state index in [1.54, 1.807) is 0 Å². The lowest BCUT2D eigenvalue weighted by Gasteiger charge is -2.36. The predicted molar refractivity (Wildman–Crippen MR) is 98.2 cm³/mol.